The number of hydrogen-bond donors (Lipinski definition) is 1. The number of nitro groups is 1. The molecule has 1 fully saturated rings. The Labute approximate surface area is 133 Å². The molecule has 8 heteroatoms. The van der Waals surface area contributed by atoms with Crippen molar-refractivity contribution in [3.05, 3.63) is 50.4 Å². The molecule has 1 amide bonds. The number of rotatable bonds is 6. The van der Waals surface area contributed by atoms with Gasteiger partial charge in [-0.1, -0.05) is 24.4 Å². The Balaban J connectivity index is 2.06. The average Bonchev–Trinajstić information content (AvgIpc) is 2.59. The number of amides is 1. The van der Waals surface area contributed by atoms with E-state index >= 15 is 0 Å². The molecule has 23 heavy (non-hydrogen) atoms. The first kappa shape index (κ1) is 16.8. The SMILES string of the molecule is [N-]=[N+]=NC[C@H](NC(=O)c1ccc([N+](=O)[O-])cc1)C1CCCCC1. The number of benzene rings is 1. The van der Waals surface area contributed by atoms with Crippen LogP contribution < -0.4 is 5.32 Å². The van der Waals surface area contributed by atoms with E-state index in [1.165, 1.54) is 30.7 Å². The highest BCUT2D eigenvalue weighted by Crippen LogP contribution is 2.27. The second-order valence-electron chi connectivity index (χ2n) is 5.70. The minimum absolute atomic E-state index is 0.0561. The van der Waals surface area contributed by atoms with Crippen molar-refractivity contribution in [2.75, 3.05) is 6.54 Å². The standard InChI is InChI=1S/C15H19N5O3/c16-19-17-10-14(11-4-2-1-3-5-11)18-15(21)12-6-8-13(9-7-12)20(22)23/h6-9,11,14H,1-5,10H2,(H,18,21)/t14-/m0/s1. The quantitative estimate of drug-likeness (QED) is 0.283. The van der Waals surface area contributed by atoms with Gasteiger partial charge in [0.2, 0.25) is 0 Å². The molecule has 0 bridgehead atoms. The van der Waals surface area contributed by atoms with Crippen LogP contribution in [0.2, 0.25) is 0 Å². The first-order valence-electron chi connectivity index (χ1n) is 7.68. The van der Waals surface area contributed by atoms with E-state index in [9.17, 15) is 14.9 Å². The van der Waals surface area contributed by atoms with Crippen molar-refractivity contribution in [2.45, 2.75) is 38.1 Å². The Kier molecular flexibility index (Phi) is 5.94. The number of azide groups is 1. The molecular weight excluding hydrogens is 298 g/mol. The van der Waals surface area contributed by atoms with Crippen LogP contribution in [0.3, 0.4) is 0 Å². The third kappa shape index (κ3) is 4.69. The second-order valence-corrected chi connectivity index (χ2v) is 5.70. The van der Waals surface area contributed by atoms with Gasteiger partial charge in [-0.25, -0.2) is 0 Å². The molecule has 1 aromatic carbocycles. The lowest BCUT2D eigenvalue weighted by molar-refractivity contribution is -0.384. The monoisotopic (exact) mass is 317 g/mol. The molecule has 0 heterocycles. The van der Waals surface area contributed by atoms with E-state index in [-0.39, 0.29) is 24.2 Å². The molecule has 1 aliphatic carbocycles. The van der Waals surface area contributed by atoms with E-state index in [0.29, 0.717) is 11.5 Å². The molecule has 1 aliphatic rings. The van der Waals surface area contributed by atoms with Gasteiger partial charge in [-0.2, -0.15) is 0 Å². The molecule has 1 saturated carbocycles. The molecule has 1 aromatic rings. The molecule has 0 aromatic heterocycles. The zero-order valence-corrected chi connectivity index (χ0v) is 12.7. The van der Waals surface area contributed by atoms with E-state index in [2.05, 4.69) is 15.3 Å². The summed E-state index contributed by atoms with van der Waals surface area (Å²) in [4.78, 5) is 25.2. The van der Waals surface area contributed by atoms with Gasteiger partial charge in [-0.05, 0) is 36.4 Å². The van der Waals surface area contributed by atoms with Gasteiger partial charge < -0.3 is 5.32 Å². The highest BCUT2D eigenvalue weighted by molar-refractivity contribution is 5.94. The number of carbonyl (C=O) groups excluding carboxylic acids is 1. The van der Waals surface area contributed by atoms with Crippen molar-refractivity contribution in [1.82, 2.24) is 5.32 Å². The fourth-order valence-corrected chi connectivity index (χ4v) is 2.96. The van der Waals surface area contributed by atoms with E-state index in [1.54, 1.807) is 0 Å². The minimum Gasteiger partial charge on any atom is -0.349 e. The van der Waals surface area contributed by atoms with E-state index < -0.39 is 4.92 Å². The summed E-state index contributed by atoms with van der Waals surface area (Å²) in [7, 11) is 0. The summed E-state index contributed by atoms with van der Waals surface area (Å²) >= 11 is 0. The summed E-state index contributed by atoms with van der Waals surface area (Å²) in [5.41, 5.74) is 8.83. The zero-order chi connectivity index (χ0) is 16.7. The van der Waals surface area contributed by atoms with Crippen molar-refractivity contribution < 1.29 is 9.72 Å². The Hall–Kier alpha value is -2.60. The van der Waals surface area contributed by atoms with Crippen molar-refractivity contribution in [3.63, 3.8) is 0 Å². The van der Waals surface area contributed by atoms with Crippen LogP contribution in [0.15, 0.2) is 29.4 Å². The van der Waals surface area contributed by atoms with Crippen LogP contribution >= 0.6 is 0 Å². The molecule has 0 radical (unpaired) electrons. The Bertz CT molecular complexity index is 604. The Morgan fingerprint density at radius 3 is 2.57 bits per heavy atom. The number of carbonyl (C=O) groups is 1. The lowest BCUT2D eigenvalue weighted by Crippen LogP contribution is -2.43. The molecular formula is C15H19N5O3. The van der Waals surface area contributed by atoms with Crippen LogP contribution in [0.4, 0.5) is 5.69 Å². The molecule has 2 rings (SSSR count). The summed E-state index contributed by atoms with van der Waals surface area (Å²) in [6.07, 6.45) is 5.44. The van der Waals surface area contributed by atoms with E-state index in [0.717, 1.165) is 25.7 Å². The number of nitro benzene ring substituents is 1. The first-order valence-corrected chi connectivity index (χ1v) is 7.68. The van der Waals surface area contributed by atoms with Crippen molar-refractivity contribution in [3.8, 4) is 0 Å². The third-order valence-electron chi connectivity index (χ3n) is 4.22. The Morgan fingerprint density at radius 2 is 2.00 bits per heavy atom. The summed E-state index contributed by atoms with van der Waals surface area (Å²) in [5.74, 6) is -0.000130. The molecule has 0 spiro atoms. The van der Waals surface area contributed by atoms with Crippen LogP contribution in [0.25, 0.3) is 10.4 Å². The van der Waals surface area contributed by atoms with Crippen molar-refractivity contribution >= 4 is 11.6 Å². The summed E-state index contributed by atoms with van der Waals surface area (Å²) in [6, 6.07) is 5.27. The molecule has 122 valence electrons. The largest absolute Gasteiger partial charge is 0.349 e. The van der Waals surface area contributed by atoms with E-state index in [1.807, 2.05) is 0 Å². The van der Waals surface area contributed by atoms with Crippen molar-refractivity contribution in [2.24, 2.45) is 11.0 Å². The van der Waals surface area contributed by atoms with Crippen LogP contribution in [0.1, 0.15) is 42.5 Å². The second kappa shape index (κ2) is 8.14. The topological polar surface area (TPSA) is 121 Å². The van der Waals surface area contributed by atoms with Gasteiger partial charge >= 0.3 is 0 Å². The summed E-state index contributed by atoms with van der Waals surface area (Å²) in [6.45, 7) is 0.222. The number of nitrogens with one attached hydrogen (secondary N) is 1. The van der Waals surface area contributed by atoms with Gasteiger partial charge in [0.05, 0.1) is 4.92 Å². The highest BCUT2D eigenvalue weighted by atomic mass is 16.6. The smallest absolute Gasteiger partial charge is 0.269 e. The lowest BCUT2D eigenvalue weighted by Gasteiger charge is -2.30. The molecule has 0 aliphatic heterocycles. The van der Waals surface area contributed by atoms with Gasteiger partial charge in [0.15, 0.2) is 0 Å². The van der Waals surface area contributed by atoms with Gasteiger partial charge in [0, 0.05) is 35.2 Å². The predicted molar refractivity (Wildman–Crippen MR) is 84.9 cm³/mol. The zero-order valence-electron chi connectivity index (χ0n) is 12.7. The van der Waals surface area contributed by atoms with Gasteiger partial charge in [-0.3, -0.25) is 14.9 Å². The predicted octanol–water partition coefficient (Wildman–Crippen LogP) is 3.58. The fraction of sp³-hybridized carbons (Fsp3) is 0.533. The van der Waals surface area contributed by atoms with E-state index in [4.69, 9.17) is 5.53 Å². The van der Waals surface area contributed by atoms with Crippen LogP contribution in [0.5, 0.6) is 0 Å². The minimum atomic E-state index is -0.506. The molecule has 1 N–H and O–H groups in total. The molecule has 0 unspecified atom stereocenters. The summed E-state index contributed by atoms with van der Waals surface area (Å²) < 4.78 is 0. The maximum Gasteiger partial charge on any atom is 0.269 e. The van der Waals surface area contributed by atoms with Gasteiger partial charge in [-0.15, -0.1) is 0 Å². The lowest BCUT2D eigenvalue weighted by atomic mass is 9.84. The summed E-state index contributed by atoms with van der Waals surface area (Å²) in [5, 5.41) is 17.2. The highest BCUT2D eigenvalue weighted by Gasteiger charge is 2.25. The maximum atomic E-state index is 12.3. The maximum absolute atomic E-state index is 12.3. The molecule has 1 atom stereocenters. The van der Waals surface area contributed by atoms with Gasteiger partial charge in [0.25, 0.3) is 11.6 Å². The molecule has 0 saturated heterocycles. The van der Waals surface area contributed by atoms with Gasteiger partial charge in [0.1, 0.15) is 0 Å². The normalized spacial score (nSPS) is 16.2. The van der Waals surface area contributed by atoms with Crippen LogP contribution in [-0.4, -0.2) is 23.4 Å². The number of non-ortho nitro benzene ring substituents is 1. The fourth-order valence-electron chi connectivity index (χ4n) is 2.96. The molecule has 8 nitrogen and oxygen atoms in total. The van der Waals surface area contributed by atoms with Crippen LogP contribution in [-0.2, 0) is 0 Å². The van der Waals surface area contributed by atoms with Crippen LogP contribution in [0, 0.1) is 16.0 Å². The van der Waals surface area contributed by atoms with Crippen molar-refractivity contribution in [1.29, 1.82) is 0 Å². The number of nitrogens with zero attached hydrogens (tertiary/aromatic N) is 4. The first-order chi connectivity index (χ1) is 11.1. The third-order valence-corrected chi connectivity index (χ3v) is 4.22. The Morgan fingerprint density at radius 1 is 1.35 bits per heavy atom. The number of hydrogen-bond acceptors (Lipinski definition) is 4. The average molecular weight is 317 g/mol.